The first-order valence-electron chi connectivity index (χ1n) is 7.16. The van der Waals surface area contributed by atoms with Crippen molar-refractivity contribution in [2.75, 3.05) is 0 Å². The van der Waals surface area contributed by atoms with Gasteiger partial charge in [0, 0.05) is 16.6 Å². The molecule has 4 nitrogen and oxygen atoms in total. The van der Waals surface area contributed by atoms with E-state index >= 15 is 0 Å². The fourth-order valence-corrected chi connectivity index (χ4v) is 2.06. The van der Waals surface area contributed by atoms with Gasteiger partial charge >= 0.3 is 0 Å². The molecule has 116 valence electrons. The van der Waals surface area contributed by atoms with Gasteiger partial charge in [-0.25, -0.2) is 0 Å². The Morgan fingerprint density at radius 2 is 1.62 bits per heavy atom. The Hall–Kier alpha value is -1.55. The van der Waals surface area contributed by atoms with Gasteiger partial charge in [-0.15, -0.1) is 0 Å². The number of hydrogen-bond donors (Lipinski definition) is 2. The Morgan fingerprint density at radius 1 is 1.05 bits per heavy atom. The van der Waals surface area contributed by atoms with Gasteiger partial charge < -0.3 is 10.6 Å². The van der Waals surface area contributed by atoms with E-state index in [0.717, 1.165) is 0 Å². The monoisotopic (exact) mass is 310 g/mol. The fourth-order valence-electron chi connectivity index (χ4n) is 1.93. The second kappa shape index (κ2) is 8.03. The van der Waals surface area contributed by atoms with Crippen molar-refractivity contribution >= 4 is 23.4 Å². The van der Waals surface area contributed by atoms with Crippen LogP contribution in [0, 0.1) is 5.92 Å². The van der Waals surface area contributed by atoms with E-state index in [1.165, 1.54) is 0 Å². The standard InChI is InChI=1S/C16H23ClN2O2/c1-10(2)9-14(16(21)18-11(3)4)19-15(20)12-5-7-13(17)8-6-12/h5-8,10-11,14H,9H2,1-4H3,(H,18,21)(H,19,20). The van der Waals surface area contributed by atoms with Crippen LogP contribution < -0.4 is 10.6 Å². The summed E-state index contributed by atoms with van der Waals surface area (Å²) in [5, 5.41) is 6.21. The topological polar surface area (TPSA) is 58.2 Å². The number of hydrogen-bond acceptors (Lipinski definition) is 2. The highest BCUT2D eigenvalue weighted by atomic mass is 35.5. The Kier molecular flexibility index (Phi) is 6.69. The number of benzene rings is 1. The molecule has 2 amide bonds. The molecule has 0 saturated carbocycles. The maximum Gasteiger partial charge on any atom is 0.251 e. The van der Waals surface area contributed by atoms with Crippen molar-refractivity contribution in [2.24, 2.45) is 5.92 Å². The van der Waals surface area contributed by atoms with Crippen LogP contribution in [0.4, 0.5) is 0 Å². The highest BCUT2D eigenvalue weighted by Crippen LogP contribution is 2.11. The summed E-state index contributed by atoms with van der Waals surface area (Å²) in [6.45, 7) is 7.82. The predicted molar refractivity (Wildman–Crippen MR) is 85.4 cm³/mol. The molecule has 0 aliphatic carbocycles. The van der Waals surface area contributed by atoms with Gasteiger partial charge in [0.1, 0.15) is 6.04 Å². The molecule has 1 atom stereocenters. The molecule has 0 radical (unpaired) electrons. The van der Waals surface area contributed by atoms with Gasteiger partial charge in [-0.05, 0) is 50.5 Å². The first-order chi connectivity index (χ1) is 9.79. The molecule has 0 saturated heterocycles. The summed E-state index contributed by atoms with van der Waals surface area (Å²) in [6, 6.07) is 6.11. The molecule has 5 heteroatoms. The summed E-state index contributed by atoms with van der Waals surface area (Å²) < 4.78 is 0. The molecule has 0 bridgehead atoms. The highest BCUT2D eigenvalue weighted by Gasteiger charge is 2.22. The minimum Gasteiger partial charge on any atom is -0.352 e. The number of halogens is 1. The number of carbonyl (C=O) groups is 2. The van der Waals surface area contributed by atoms with Crippen molar-refractivity contribution in [3.8, 4) is 0 Å². The van der Waals surface area contributed by atoms with Crippen LogP contribution in [0.25, 0.3) is 0 Å². The third kappa shape index (κ3) is 6.17. The van der Waals surface area contributed by atoms with Crippen LogP contribution in [-0.4, -0.2) is 23.9 Å². The van der Waals surface area contributed by atoms with Gasteiger partial charge in [0.25, 0.3) is 5.91 Å². The van der Waals surface area contributed by atoms with Crippen LogP contribution in [0.2, 0.25) is 5.02 Å². The van der Waals surface area contributed by atoms with Crippen molar-refractivity contribution in [2.45, 2.75) is 46.2 Å². The Morgan fingerprint density at radius 3 is 2.10 bits per heavy atom. The summed E-state index contributed by atoms with van der Waals surface area (Å²) in [5.41, 5.74) is 0.491. The molecular weight excluding hydrogens is 288 g/mol. The SMILES string of the molecule is CC(C)CC(NC(=O)c1ccc(Cl)cc1)C(=O)NC(C)C. The lowest BCUT2D eigenvalue weighted by Crippen LogP contribution is -2.49. The van der Waals surface area contributed by atoms with Crippen molar-refractivity contribution in [1.82, 2.24) is 10.6 Å². The molecule has 2 N–H and O–H groups in total. The molecule has 0 aromatic heterocycles. The lowest BCUT2D eigenvalue weighted by Gasteiger charge is -2.21. The van der Waals surface area contributed by atoms with Crippen molar-refractivity contribution in [3.63, 3.8) is 0 Å². The predicted octanol–water partition coefficient (Wildman–Crippen LogP) is 3.01. The van der Waals surface area contributed by atoms with Crippen molar-refractivity contribution in [1.29, 1.82) is 0 Å². The molecule has 1 unspecified atom stereocenters. The lowest BCUT2D eigenvalue weighted by molar-refractivity contribution is -0.123. The maximum absolute atomic E-state index is 12.2. The molecule has 0 spiro atoms. The van der Waals surface area contributed by atoms with E-state index < -0.39 is 6.04 Å². The minimum absolute atomic E-state index is 0.0413. The van der Waals surface area contributed by atoms with Gasteiger partial charge in [0.05, 0.1) is 0 Å². The van der Waals surface area contributed by atoms with Crippen LogP contribution in [0.3, 0.4) is 0 Å². The van der Waals surface area contributed by atoms with Crippen LogP contribution in [-0.2, 0) is 4.79 Å². The Bertz CT molecular complexity index is 484. The van der Waals surface area contributed by atoms with Gasteiger partial charge in [-0.2, -0.15) is 0 Å². The number of nitrogens with one attached hydrogen (secondary N) is 2. The zero-order valence-corrected chi connectivity index (χ0v) is 13.7. The zero-order valence-electron chi connectivity index (χ0n) is 12.9. The van der Waals surface area contributed by atoms with Crippen LogP contribution >= 0.6 is 11.6 Å². The zero-order chi connectivity index (χ0) is 16.0. The third-order valence-corrected chi connectivity index (χ3v) is 3.12. The summed E-state index contributed by atoms with van der Waals surface area (Å²) in [7, 11) is 0. The van der Waals surface area contributed by atoms with E-state index in [4.69, 9.17) is 11.6 Å². The quantitative estimate of drug-likeness (QED) is 0.848. The average Bonchev–Trinajstić information content (AvgIpc) is 2.37. The average molecular weight is 311 g/mol. The van der Waals surface area contributed by atoms with Gasteiger partial charge in [-0.1, -0.05) is 25.4 Å². The van der Waals surface area contributed by atoms with Crippen molar-refractivity contribution < 1.29 is 9.59 Å². The van der Waals surface area contributed by atoms with Gasteiger partial charge in [0.2, 0.25) is 5.91 Å². The maximum atomic E-state index is 12.2. The summed E-state index contributed by atoms with van der Waals surface area (Å²) in [4.78, 5) is 24.4. The Labute approximate surface area is 131 Å². The summed E-state index contributed by atoms with van der Waals surface area (Å²) in [6.07, 6.45) is 0.595. The second-order valence-corrected chi connectivity index (χ2v) is 6.26. The minimum atomic E-state index is -0.532. The first-order valence-corrected chi connectivity index (χ1v) is 7.54. The van der Waals surface area contributed by atoms with Crippen LogP contribution in [0.1, 0.15) is 44.5 Å². The number of amides is 2. The Balaban J connectivity index is 2.77. The second-order valence-electron chi connectivity index (χ2n) is 5.83. The smallest absolute Gasteiger partial charge is 0.251 e. The van der Waals surface area contributed by atoms with E-state index in [-0.39, 0.29) is 17.9 Å². The normalized spacial score (nSPS) is 12.3. The van der Waals surface area contributed by atoms with Crippen LogP contribution in [0.15, 0.2) is 24.3 Å². The third-order valence-electron chi connectivity index (χ3n) is 2.87. The highest BCUT2D eigenvalue weighted by molar-refractivity contribution is 6.30. The molecule has 0 heterocycles. The fraction of sp³-hybridized carbons (Fsp3) is 0.500. The van der Waals surface area contributed by atoms with E-state index in [1.54, 1.807) is 24.3 Å². The van der Waals surface area contributed by atoms with E-state index in [2.05, 4.69) is 10.6 Å². The van der Waals surface area contributed by atoms with Gasteiger partial charge in [-0.3, -0.25) is 9.59 Å². The van der Waals surface area contributed by atoms with Gasteiger partial charge in [0.15, 0.2) is 0 Å². The summed E-state index contributed by atoms with van der Waals surface area (Å²) in [5.74, 6) is -0.115. The molecular formula is C16H23ClN2O2. The van der Waals surface area contributed by atoms with E-state index in [0.29, 0.717) is 22.9 Å². The molecule has 1 aromatic rings. The molecule has 0 aliphatic rings. The van der Waals surface area contributed by atoms with E-state index in [1.807, 2.05) is 27.7 Å². The van der Waals surface area contributed by atoms with E-state index in [9.17, 15) is 9.59 Å². The lowest BCUT2D eigenvalue weighted by atomic mass is 10.0. The number of rotatable bonds is 6. The molecule has 0 aliphatic heterocycles. The number of carbonyl (C=O) groups excluding carboxylic acids is 2. The molecule has 1 aromatic carbocycles. The molecule has 0 fully saturated rings. The molecule has 1 rings (SSSR count). The first kappa shape index (κ1) is 17.5. The van der Waals surface area contributed by atoms with Crippen LogP contribution in [0.5, 0.6) is 0 Å². The summed E-state index contributed by atoms with van der Waals surface area (Å²) >= 11 is 5.80. The molecule has 21 heavy (non-hydrogen) atoms. The largest absolute Gasteiger partial charge is 0.352 e. The van der Waals surface area contributed by atoms with Crippen molar-refractivity contribution in [3.05, 3.63) is 34.9 Å².